The number of rotatable bonds is 6. The second kappa shape index (κ2) is 8.42. The molecule has 1 N–H and O–H groups in total. The van der Waals surface area contributed by atoms with Gasteiger partial charge in [-0.3, -0.25) is 14.9 Å². The first-order valence-electron chi connectivity index (χ1n) is 10.9. The Morgan fingerprint density at radius 3 is 2.50 bits per heavy atom. The van der Waals surface area contributed by atoms with Gasteiger partial charge in [-0.2, -0.15) is 0 Å². The van der Waals surface area contributed by atoms with Crippen molar-refractivity contribution in [2.45, 2.75) is 6.42 Å². The summed E-state index contributed by atoms with van der Waals surface area (Å²) in [7, 11) is 5.78. The molecule has 3 aromatic carbocycles. The molecule has 1 aliphatic heterocycles. The van der Waals surface area contributed by atoms with Crippen LogP contribution in [0.4, 0.5) is 4.39 Å². The normalized spacial score (nSPS) is 13.2. The minimum absolute atomic E-state index is 0.153. The smallest absolute Gasteiger partial charge is 0.259 e. The predicted molar refractivity (Wildman–Crippen MR) is 131 cm³/mol. The van der Waals surface area contributed by atoms with Gasteiger partial charge >= 0.3 is 0 Å². The van der Waals surface area contributed by atoms with E-state index < -0.39 is 17.6 Å². The molecule has 0 atom stereocenters. The maximum Gasteiger partial charge on any atom is 0.259 e. The number of imide groups is 1. The van der Waals surface area contributed by atoms with Gasteiger partial charge in [-0.1, -0.05) is 29.8 Å². The zero-order chi connectivity index (χ0) is 24.1. The Bertz CT molecular complexity index is 1490. The number of nitrogens with zero attached hydrogens (tertiary/aromatic N) is 2. The van der Waals surface area contributed by atoms with E-state index in [-0.39, 0.29) is 16.9 Å². The molecule has 0 saturated heterocycles. The number of nitrogens with one attached hydrogen (secondary N) is 1. The first-order chi connectivity index (χ1) is 16.3. The predicted octanol–water partition coefficient (Wildman–Crippen LogP) is 5.01. The fourth-order valence-corrected chi connectivity index (χ4v) is 4.85. The van der Waals surface area contributed by atoms with Crippen LogP contribution in [0.25, 0.3) is 32.9 Å². The summed E-state index contributed by atoms with van der Waals surface area (Å²) in [5.74, 6) is -1.36. The van der Waals surface area contributed by atoms with Crippen LogP contribution in [0.1, 0.15) is 27.1 Å². The molecule has 5 rings (SSSR count). The van der Waals surface area contributed by atoms with Crippen molar-refractivity contribution < 1.29 is 18.7 Å². The highest BCUT2D eigenvalue weighted by molar-refractivity contribution is 6.36. The standard InChI is InChI=1S/C26H23ClFN3O3/c1-30(2)9-6-10-34-21-13-19-16(11-18(21)28)22-20(31(19)3)12-15(14-7-4-5-8-17(14)27)23-24(22)26(33)29-25(23)32/h4-5,7-8,11-13H,6,9-10H2,1-3H3,(H,29,32,33). The number of ether oxygens (including phenoxy) is 1. The number of benzene rings is 3. The molecule has 0 aliphatic carbocycles. The van der Waals surface area contributed by atoms with Gasteiger partial charge in [-0.15, -0.1) is 0 Å². The summed E-state index contributed by atoms with van der Waals surface area (Å²) in [5.41, 5.74) is 3.09. The van der Waals surface area contributed by atoms with E-state index in [1.54, 1.807) is 18.2 Å². The van der Waals surface area contributed by atoms with Gasteiger partial charge < -0.3 is 14.2 Å². The van der Waals surface area contributed by atoms with Crippen LogP contribution in [0.5, 0.6) is 5.75 Å². The lowest BCUT2D eigenvalue weighted by Gasteiger charge is -2.11. The van der Waals surface area contributed by atoms with Crippen molar-refractivity contribution >= 4 is 45.2 Å². The van der Waals surface area contributed by atoms with E-state index in [0.717, 1.165) is 13.0 Å². The van der Waals surface area contributed by atoms with Crippen molar-refractivity contribution in [1.82, 2.24) is 14.8 Å². The zero-order valence-corrected chi connectivity index (χ0v) is 19.8. The zero-order valence-electron chi connectivity index (χ0n) is 19.0. The largest absolute Gasteiger partial charge is 0.490 e. The third-order valence-electron chi connectivity index (χ3n) is 6.20. The molecule has 2 amide bonds. The van der Waals surface area contributed by atoms with Gasteiger partial charge in [0.05, 0.1) is 28.8 Å². The van der Waals surface area contributed by atoms with Gasteiger partial charge in [0.1, 0.15) is 0 Å². The van der Waals surface area contributed by atoms with Crippen LogP contribution in [-0.2, 0) is 7.05 Å². The maximum atomic E-state index is 15.0. The van der Waals surface area contributed by atoms with E-state index in [1.165, 1.54) is 6.07 Å². The van der Waals surface area contributed by atoms with E-state index in [2.05, 4.69) is 5.32 Å². The SMILES string of the molecule is CN(C)CCCOc1cc2c(cc1F)c1c3c(c(-c4ccccc4Cl)cc1n2C)C(=O)NC3=O. The molecule has 0 saturated carbocycles. The van der Waals surface area contributed by atoms with E-state index in [1.807, 2.05) is 48.8 Å². The summed E-state index contributed by atoms with van der Waals surface area (Å²) in [6.45, 7) is 1.21. The molecule has 0 spiro atoms. The van der Waals surface area contributed by atoms with Crippen LogP contribution in [0.2, 0.25) is 5.02 Å². The van der Waals surface area contributed by atoms with Gasteiger partial charge in [-0.05, 0) is 44.3 Å². The number of carbonyl (C=O) groups is 2. The van der Waals surface area contributed by atoms with Crippen LogP contribution in [0.3, 0.4) is 0 Å². The summed E-state index contributed by atoms with van der Waals surface area (Å²) in [4.78, 5) is 27.7. The number of amides is 2. The molecule has 0 radical (unpaired) electrons. The minimum atomic E-state index is -0.515. The average molecular weight is 480 g/mol. The molecule has 2 heterocycles. The Morgan fingerprint density at radius 2 is 1.76 bits per heavy atom. The van der Waals surface area contributed by atoms with Gasteiger partial charge in [0.2, 0.25) is 0 Å². The second-order valence-electron chi connectivity index (χ2n) is 8.70. The van der Waals surface area contributed by atoms with Crippen LogP contribution in [-0.4, -0.2) is 48.5 Å². The van der Waals surface area contributed by atoms with Crippen molar-refractivity contribution in [3.63, 3.8) is 0 Å². The second-order valence-corrected chi connectivity index (χ2v) is 9.10. The Morgan fingerprint density at radius 1 is 1.03 bits per heavy atom. The van der Waals surface area contributed by atoms with E-state index in [9.17, 15) is 9.59 Å². The number of halogens is 2. The van der Waals surface area contributed by atoms with Gasteiger partial charge in [0.25, 0.3) is 11.8 Å². The topological polar surface area (TPSA) is 63.6 Å². The third-order valence-corrected chi connectivity index (χ3v) is 6.53. The fourth-order valence-electron chi connectivity index (χ4n) is 4.61. The minimum Gasteiger partial charge on any atom is -0.490 e. The van der Waals surface area contributed by atoms with Crippen molar-refractivity contribution in [1.29, 1.82) is 0 Å². The van der Waals surface area contributed by atoms with E-state index in [4.69, 9.17) is 16.3 Å². The summed E-state index contributed by atoms with van der Waals surface area (Å²) in [5, 5.41) is 3.94. The van der Waals surface area contributed by atoms with Gasteiger partial charge in [0.15, 0.2) is 11.6 Å². The van der Waals surface area contributed by atoms with E-state index >= 15 is 4.39 Å². The summed E-state index contributed by atoms with van der Waals surface area (Å²) in [6.07, 6.45) is 0.760. The fraction of sp³-hybridized carbons (Fsp3) is 0.231. The number of hydrogen-bond donors (Lipinski definition) is 1. The van der Waals surface area contributed by atoms with Crippen LogP contribution in [0.15, 0.2) is 42.5 Å². The summed E-state index contributed by atoms with van der Waals surface area (Å²) < 4.78 is 22.6. The van der Waals surface area contributed by atoms with Crippen LogP contribution >= 0.6 is 11.6 Å². The Kier molecular flexibility index (Phi) is 5.54. The van der Waals surface area contributed by atoms with Crippen molar-refractivity contribution in [2.75, 3.05) is 27.2 Å². The van der Waals surface area contributed by atoms with E-state index in [0.29, 0.717) is 44.6 Å². The van der Waals surface area contributed by atoms with Gasteiger partial charge in [0, 0.05) is 41.0 Å². The number of hydrogen-bond acceptors (Lipinski definition) is 4. The first kappa shape index (κ1) is 22.4. The van der Waals surface area contributed by atoms with Crippen molar-refractivity contribution in [2.24, 2.45) is 7.05 Å². The Hall–Kier alpha value is -3.42. The molecule has 0 fully saturated rings. The first-order valence-corrected chi connectivity index (χ1v) is 11.3. The molecule has 0 bridgehead atoms. The molecular formula is C26H23ClFN3O3. The van der Waals surface area contributed by atoms with Crippen LogP contribution in [0, 0.1) is 5.82 Å². The molecule has 34 heavy (non-hydrogen) atoms. The van der Waals surface area contributed by atoms with Crippen LogP contribution < -0.4 is 10.1 Å². The summed E-state index contributed by atoms with van der Waals surface area (Å²) >= 11 is 6.44. The molecular weight excluding hydrogens is 457 g/mol. The Balaban J connectivity index is 1.74. The molecule has 8 heteroatoms. The Labute approximate surface area is 200 Å². The summed E-state index contributed by atoms with van der Waals surface area (Å²) in [6, 6.07) is 12.0. The number of carbonyl (C=O) groups excluding carboxylic acids is 2. The molecule has 4 aromatic rings. The highest BCUT2D eigenvalue weighted by atomic mass is 35.5. The maximum absolute atomic E-state index is 15.0. The van der Waals surface area contributed by atoms with Crippen molar-refractivity contribution in [3.8, 4) is 16.9 Å². The molecule has 6 nitrogen and oxygen atoms in total. The quantitative estimate of drug-likeness (QED) is 0.312. The highest BCUT2D eigenvalue weighted by Gasteiger charge is 2.34. The number of aromatic nitrogens is 1. The highest BCUT2D eigenvalue weighted by Crippen LogP contribution is 2.42. The molecule has 174 valence electrons. The third kappa shape index (κ3) is 3.52. The lowest BCUT2D eigenvalue weighted by molar-refractivity contribution is 0.0880. The monoisotopic (exact) mass is 479 g/mol. The van der Waals surface area contributed by atoms with Crippen molar-refractivity contribution in [3.05, 3.63) is 64.4 Å². The molecule has 1 aromatic heterocycles. The number of aryl methyl sites for hydroxylation is 1. The lowest BCUT2D eigenvalue weighted by atomic mass is 9.93. The molecule has 0 unspecified atom stereocenters. The lowest BCUT2D eigenvalue weighted by Crippen LogP contribution is -2.20. The van der Waals surface area contributed by atoms with Gasteiger partial charge in [-0.25, -0.2) is 4.39 Å². The number of fused-ring (bicyclic) bond motifs is 5. The molecule has 1 aliphatic rings. The average Bonchev–Trinajstić information content (AvgIpc) is 3.24.